The van der Waals surface area contributed by atoms with Crippen LogP contribution in [0, 0.1) is 0 Å². The molecule has 0 nitrogen and oxygen atoms in total. The monoisotopic (exact) mass is 632 g/mol. The lowest BCUT2D eigenvalue weighted by atomic mass is 9.82. The summed E-state index contributed by atoms with van der Waals surface area (Å²) in [5.74, 6) is 0. The molecule has 0 aromatic heterocycles. The quantitative estimate of drug-likeness (QED) is 0.134. The van der Waals surface area contributed by atoms with Gasteiger partial charge in [0.1, 0.15) is 0 Å². The number of hydrogen-bond acceptors (Lipinski definition) is 0. The van der Waals surface area contributed by atoms with E-state index in [9.17, 15) is 0 Å². The van der Waals surface area contributed by atoms with E-state index in [1.807, 2.05) is 0 Å². The first kappa shape index (κ1) is 28.5. The van der Waals surface area contributed by atoms with Crippen LogP contribution < -0.4 is 0 Å². The molecule has 0 aliphatic rings. The van der Waals surface area contributed by atoms with Crippen LogP contribution in [-0.2, 0) is 0 Å². The Balaban J connectivity index is 1.38. The molecule has 0 bridgehead atoms. The van der Waals surface area contributed by atoms with Gasteiger partial charge >= 0.3 is 0 Å². The van der Waals surface area contributed by atoms with E-state index >= 15 is 0 Å². The Morgan fingerprint density at radius 1 is 0.200 bits per heavy atom. The maximum Gasteiger partial charge on any atom is -0.00199 e. The van der Waals surface area contributed by atoms with E-state index < -0.39 is 0 Å². The number of rotatable bonds is 4. The highest BCUT2D eigenvalue weighted by Crippen LogP contribution is 2.48. The zero-order valence-corrected chi connectivity index (χ0v) is 27.5. The molecule has 10 aromatic carbocycles. The van der Waals surface area contributed by atoms with E-state index in [0.717, 1.165) is 0 Å². The number of hydrogen-bond donors (Lipinski definition) is 0. The van der Waals surface area contributed by atoms with Gasteiger partial charge in [0.05, 0.1) is 0 Å². The van der Waals surface area contributed by atoms with Crippen LogP contribution in [0.1, 0.15) is 0 Å². The zero-order chi connectivity index (χ0) is 33.0. The normalized spacial score (nSPS) is 11.6. The van der Waals surface area contributed by atoms with Gasteiger partial charge < -0.3 is 0 Å². The van der Waals surface area contributed by atoms with Crippen LogP contribution in [0.4, 0.5) is 0 Å². The predicted octanol–water partition coefficient (Wildman–Crippen LogP) is 14.1. The second-order valence-electron chi connectivity index (χ2n) is 13.3. The van der Waals surface area contributed by atoms with Gasteiger partial charge in [0.2, 0.25) is 0 Å². The lowest BCUT2D eigenvalue weighted by molar-refractivity contribution is 1.63. The topological polar surface area (TPSA) is 0 Å². The SMILES string of the molecule is c1ccc(-c2ccc3c(-c4cccc5c4ccc4ccccc45)c4cc(-c5ccccc5)ccc4c(-c4ccc5ccccc5c4)c3c2)cc1. The van der Waals surface area contributed by atoms with E-state index in [0.29, 0.717) is 0 Å². The van der Waals surface area contributed by atoms with Crippen molar-refractivity contribution in [1.82, 2.24) is 0 Å². The largest absolute Gasteiger partial charge is 0.0622 e. The van der Waals surface area contributed by atoms with E-state index in [1.165, 1.54) is 98.4 Å². The molecule has 0 saturated carbocycles. The molecule has 0 fully saturated rings. The summed E-state index contributed by atoms with van der Waals surface area (Å²) in [5, 5.41) is 12.6. The van der Waals surface area contributed by atoms with Crippen LogP contribution >= 0.6 is 0 Å². The van der Waals surface area contributed by atoms with Gasteiger partial charge in [-0.2, -0.15) is 0 Å². The van der Waals surface area contributed by atoms with Crippen molar-refractivity contribution in [1.29, 1.82) is 0 Å². The van der Waals surface area contributed by atoms with Crippen molar-refractivity contribution in [2.24, 2.45) is 0 Å². The lowest BCUT2D eigenvalue weighted by Gasteiger charge is -2.21. The molecule has 0 saturated heterocycles. The Morgan fingerprint density at radius 2 is 0.720 bits per heavy atom. The standard InChI is InChI=1S/C50H32/c1-3-12-33(13-4-1)38-26-29-46-47(31-38)49(40-23-22-35-16-7-8-18-37(35)30-40)45-28-25-39(34-14-5-2-6-15-34)32-48(45)50(46)44-21-11-20-42-41-19-10-9-17-36(41)24-27-43(42)44/h1-32H. The molecule has 0 spiro atoms. The molecule has 0 aliphatic carbocycles. The van der Waals surface area contributed by atoms with E-state index in [4.69, 9.17) is 0 Å². The zero-order valence-electron chi connectivity index (χ0n) is 27.5. The summed E-state index contributed by atoms with van der Waals surface area (Å²) in [6.07, 6.45) is 0. The van der Waals surface area contributed by atoms with Crippen molar-refractivity contribution in [2.75, 3.05) is 0 Å². The van der Waals surface area contributed by atoms with Crippen molar-refractivity contribution < 1.29 is 0 Å². The minimum Gasteiger partial charge on any atom is -0.0622 e. The second-order valence-corrected chi connectivity index (χ2v) is 13.3. The van der Waals surface area contributed by atoms with Crippen LogP contribution in [0.2, 0.25) is 0 Å². The van der Waals surface area contributed by atoms with Crippen LogP contribution in [0.25, 0.3) is 98.4 Å². The Bertz CT molecular complexity index is 2900. The molecular weight excluding hydrogens is 601 g/mol. The molecular formula is C50H32. The summed E-state index contributed by atoms with van der Waals surface area (Å²) in [4.78, 5) is 0. The Morgan fingerprint density at radius 3 is 1.44 bits per heavy atom. The van der Waals surface area contributed by atoms with Gasteiger partial charge in [0.25, 0.3) is 0 Å². The molecule has 10 rings (SSSR count). The van der Waals surface area contributed by atoms with Gasteiger partial charge in [-0.1, -0.05) is 176 Å². The summed E-state index contributed by atoms with van der Waals surface area (Å²) >= 11 is 0. The summed E-state index contributed by atoms with van der Waals surface area (Å²) in [6, 6.07) is 71.5. The molecule has 0 heterocycles. The van der Waals surface area contributed by atoms with E-state index in [1.54, 1.807) is 0 Å². The summed E-state index contributed by atoms with van der Waals surface area (Å²) < 4.78 is 0. The van der Waals surface area contributed by atoms with Gasteiger partial charge in [0.15, 0.2) is 0 Å². The molecule has 232 valence electrons. The highest BCUT2D eigenvalue weighted by molar-refractivity contribution is 6.26. The average Bonchev–Trinajstić information content (AvgIpc) is 3.19. The fourth-order valence-corrected chi connectivity index (χ4v) is 8.05. The van der Waals surface area contributed by atoms with Crippen LogP contribution in [0.15, 0.2) is 194 Å². The lowest BCUT2D eigenvalue weighted by Crippen LogP contribution is -1.93. The minimum atomic E-state index is 1.22. The third-order valence-electron chi connectivity index (χ3n) is 10.4. The van der Waals surface area contributed by atoms with E-state index in [-0.39, 0.29) is 0 Å². The minimum absolute atomic E-state index is 1.22. The third kappa shape index (κ3) is 4.61. The van der Waals surface area contributed by atoms with Crippen LogP contribution in [0.3, 0.4) is 0 Å². The van der Waals surface area contributed by atoms with Crippen molar-refractivity contribution in [2.45, 2.75) is 0 Å². The first-order chi connectivity index (χ1) is 24.8. The Hall–Kier alpha value is -6.50. The maximum absolute atomic E-state index is 2.43. The van der Waals surface area contributed by atoms with E-state index in [2.05, 4.69) is 194 Å². The summed E-state index contributed by atoms with van der Waals surface area (Å²) in [5.41, 5.74) is 9.90. The number of benzene rings is 10. The Kier molecular flexibility index (Phi) is 6.60. The van der Waals surface area contributed by atoms with Crippen LogP contribution in [-0.4, -0.2) is 0 Å². The average molecular weight is 633 g/mol. The van der Waals surface area contributed by atoms with Crippen molar-refractivity contribution in [3.8, 4) is 44.5 Å². The number of fused-ring (bicyclic) bond motifs is 6. The Labute approximate surface area is 291 Å². The molecule has 50 heavy (non-hydrogen) atoms. The summed E-state index contributed by atoms with van der Waals surface area (Å²) in [7, 11) is 0. The molecule has 10 aromatic rings. The fraction of sp³-hybridized carbons (Fsp3) is 0. The first-order valence-corrected chi connectivity index (χ1v) is 17.3. The van der Waals surface area contributed by atoms with Gasteiger partial charge in [-0.15, -0.1) is 0 Å². The highest BCUT2D eigenvalue weighted by Gasteiger charge is 2.20. The van der Waals surface area contributed by atoms with Crippen LogP contribution in [0.5, 0.6) is 0 Å². The predicted molar refractivity (Wildman–Crippen MR) is 216 cm³/mol. The molecule has 0 radical (unpaired) electrons. The first-order valence-electron chi connectivity index (χ1n) is 17.3. The molecule has 0 unspecified atom stereocenters. The molecule has 0 N–H and O–H groups in total. The summed E-state index contributed by atoms with van der Waals surface area (Å²) in [6.45, 7) is 0. The van der Waals surface area contributed by atoms with Gasteiger partial charge in [0, 0.05) is 0 Å². The van der Waals surface area contributed by atoms with Gasteiger partial charge in [-0.25, -0.2) is 0 Å². The van der Waals surface area contributed by atoms with Crippen molar-refractivity contribution >= 4 is 53.9 Å². The molecule has 0 amide bonds. The third-order valence-corrected chi connectivity index (χ3v) is 10.4. The second kappa shape index (κ2) is 11.6. The molecule has 0 atom stereocenters. The highest BCUT2D eigenvalue weighted by atomic mass is 14.2. The molecule has 0 aliphatic heterocycles. The van der Waals surface area contributed by atoms with Crippen molar-refractivity contribution in [3.05, 3.63) is 194 Å². The molecule has 0 heteroatoms. The maximum atomic E-state index is 2.43. The smallest absolute Gasteiger partial charge is 0.00199 e. The van der Waals surface area contributed by atoms with Gasteiger partial charge in [-0.3, -0.25) is 0 Å². The fourth-order valence-electron chi connectivity index (χ4n) is 8.05. The van der Waals surface area contributed by atoms with Crippen molar-refractivity contribution in [3.63, 3.8) is 0 Å². The van der Waals surface area contributed by atoms with Gasteiger partial charge in [-0.05, 0) is 117 Å².